The largest absolute Gasteiger partial charge is 0.391 e. The van der Waals surface area contributed by atoms with Crippen molar-refractivity contribution in [1.82, 2.24) is 10.2 Å². The Bertz CT molecular complexity index is 263. The zero-order chi connectivity index (χ0) is 13.2. The van der Waals surface area contributed by atoms with Crippen molar-refractivity contribution in [3.05, 3.63) is 0 Å². The molecule has 18 heavy (non-hydrogen) atoms. The highest BCUT2D eigenvalue weighted by atomic mass is 19.4. The van der Waals surface area contributed by atoms with Gasteiger partial charge in [0.2, 0.25) is 0 Å². The van der Waals surface area contributed by atoms with Gasteiger partial charge >= 0.3 is 6.18 Å². The molecule has 2 atom stereocenters. The van der Waals surface area contributed by atoms with Crippen molar-refractivity contribution < 1.29 is 13.2 Å². The van der Waals surface area contributed by atoms with Gasteiger partial charge in [-0.2, -0.15) is 13.2 Å². The van der Waals surface area contributed by atoms with E-state index in [0.29, 0.717) is 12.8 Å². The number of nitrogens with one attached hydrogen (secondary N) is 1. The first-order valence-electron chi connectivity index (χ1n) is 6.97. The molecule has 1 N–H and O–H groups in total. The van der Waals surface area contributed by atoms with E-state index in [1.54, 1.807) is 0 Å². The van der Waals surface area contributed by atoms with Crippen LogP contribution in [0.2, 0.25) is 0 Å². The summed E-state index contributed by atoms with van der Waals surface area (Å²) in [5, 5.41) is 3.30. The predicted octanol–water partition coefficient (Wildman–Crippen LogP) is 2.79. The molecular weight excluding hydrogens is 241 g/mol. The van der Waals surface area contributed by atoms with Gasteiger partial charge in [0.05, 0.1) is 5.92 Å². The van der Waals surface area contributed by atoms with E-state index in [1.165, 1.54) is 12.8 Å². The second-order valence-electron chi connectivity index (χ2n) is 5.77. The maximum Gasteiger partial charge on any atom is 0.391 e. The second-order valence-corrected chi connectivity index (χ2v) is 5.77. The Kier molecular flexibility index (Phi) is 4.54. The van der Waals surface area contributed by atoms with Crippen LogP contribution in [0.5, 0.6) is 0 Å². The number of hydrogen-bond acceptors (Lipinski definition) is 2. The molecule has 2 aliphatic carbocycles. The van der Waals surface area contributed by atoms with Crippen molar-refractivity contribution in [2.75, 3.05) is 20.1 Å². The van der Waals surface area contributed by atoms with Crippen molar-refractivity contribution >= 4 is 0 Å². The van der Waals surface area contributed by atoms with Crippen LogP contribution in [0.25, 0.3) is 0 Å². The van der Waals surface area contributed by atoms with Crippen molar-refractivity contribution in [1.29, 1.82) is 0 Å². The van der Waals surface area contributed by atoms with Gasteiger partial charge in [0.1, 0.15) is 0 Å². The topological polar surface area (TPSA) is 15.3 Å². The van der Waals surface area contributed by atoms with Crippen LogP contribution in [-0.2, 0) is 0 Å². The van der Waals surface area contributed by atoms with E-state index < -0.39 is 12.1 Å². The first-order valence-corrected chi connectivity index (χ1v) is 6.97. The number of nitrogens with zero attached hydrogens (tertiary/aromatic N) is 1. The Labute approximate surface area is 107 Å². The molecule has 0 saturated heterocycles. The fourth-order valence-electron chi connectivity index (χ4n) is 2.82. The summed E-state index contributed by atoms with van der Waals surface area (Å²) in [6, 6.07) is 0.777. The lowest BCUT2D eigenvalue weighted by molar-refractivity contribution is -0.183. The molecule has 2 nitrogen and oxygen atoms in total. The Balaban J connectivity index is 1.66. The normalized spacial score (nSPS) is 29.8. The molecule has 0 aromatic carbocycles. The highest BCUT2D eigenvalue weighted by molar-refractivity contribution is 4.84. The monoisotopic (exact) mass is 264 g/mol. The van der Waals surface area contributed by atoms with Gasteiger partial charge in [-0.1, -0.05) is 6.42 Å². The first kappa shape index (κ1) is 14.1. The third-order valence-electron chi connectivity index (χ3n) is 4.20. The van der Waals surface area contributed by atoms with Gasteiger partial charge in [-0.3, -0.25) is 0 Å². The molecule has 0 amide bonds. The maximum atomic E-state index is 12.6. The van der Waals surface area contributed by atoms with Gasteiger partial charge in [-0.25, -0.2) is 0 Å². The van der Waals surface area contributed by atoms with Gasteiger partial charge in [-0.15, -0.1) is 0 Å². The average Bonchev–Trinajstić information content (AvgIpc) is 3.12. The Hall–Kier alpha value is -0.290. The third kappa shape index (κ3) is 4.12. The van der Waals surface area contributed by atoms with Crippen molar-refractivity contribution in [3.8, 4) is 0 Å². The molecule has 106 valence electrons. The summed E-state index contributed by atoms with van der Waals surface area (Å²) in [5.41, 5.74) is 0. The van der Waals surface area contributed by atoms with Gasteiger partial charge < -0.3 is 10.2 Å². The predicted molar refractivity (Wildman–Crippen MR) is 65.5 cm³/mol. The van der Waals surface area contributed by atoms with Crippen LogP contribution >= 0.6 is 0 Å². The molecule has 2 fully saturated rings. The SMILES string of the molecule is CN(CCNC1CCCC(C(F)(F)F)C1)C1CC1. The second kappa shape index (κ2) is 5.78. The van der Waals surface area contributed by atoms with Crippen LogP contribution in [-0.4, -0.2) is 43.3 Å². The molecule has 2 rings (SSSR count). The maximum absolute atomic E-state index is 12.6. The number of hydrogen-bond donors (Lipinski definition) is 1. The molecule has 2 aliphatic rings. The lowest BCUT2D eigenvalue weighted by Gasteiger charge is -2.31. The fourth-order valence-corrected chi connectivity index (χ4v) is 2.82. The van der Waals surface area contributed by atoms with Crippen molar-refractivity contribution in [2.45, 2.75) is 56.8 Å². The standard InChI is InChI=1S/C13H23F3N2/c1-18(12-5-6-12)8-7-17-11-4-2-3-10(9-11)13(14,15)16/h10-12,17H,2-9H2,1H3. The Morgan fingerprint density at radius 2 is 1.89 bits per heavy atom. The van der Waals surface area contributed by atoms with Crippen LogP contribution in [0.15, 0.2) is 0 Å². The summed E-state index contributed by atoms with van der Waals surface area (Å²) in [6.45, 7) is 1.75. The molecule has 0 bridgehead atoms. The van der Waals surface area contributed by atoms with E-state index in [4.69, 9.17) is 0 Å². The number of alkyl halides is 3. The van der Waals surface area contributed by atoms with Crippen molar-refractivity contribution in [2.24, 2.45) is 5.92 Å². The van der Waals surface area contributed by atoms with Crippen LogP contribution in [0.4, 0.5) is 13.2 Å². The smallest absolute Gasteiger partial charge is 0.313 e. The third-order valence-corrected chi connectivity index (χ3v) is 4.20. The molecule has 2 unspecified atom stereocenters. The van der Waals surface area contributed by atoms with E-state index in [0.717, 1.165) is 25.6 Å². The lowest BCUT2D eigenvalue weighted by atomic mass is 9.85. The minimum Gasteiger partial charge on any atom is -0.313 e. The van der Waals surface area contributed by atoms with E-state index in [-0.39, 0.29) is 12.5 Å². The lowest BCUT2D eigenvalue weighted by Crippen LogP contribution is -2.41. The summed E-state index contributed by atoms with van der Waals surface area (Å²) in [5.74, 6) is -1.09. The molecule has 0 radical (unpaired) electrons. The van der Waals surface area contributed by atoms with Gasteiger partial charge in [0.25, 0.3) is 0 Å². The first-order chi connectivity index (χ1) is 8.47. The zero-order valence-electron chi connectivity index (χ0n) is 11.0. The van der Waals surface area contributed by atoms with E-state index >= 15 is 0 Å². The zero-order valence-corrected chi connectivity index (χ0v) is 11.0. The fraction of sp³-hybridized carbons (Fsp3) is 1.00. The number of rotatable bonds is 5. The van der Waals surface area contributed by atoms with Gasteiger partial charge in [-0.05, 0) is 39.2 Å². The van der Waals surface area contributed by atoms with Gasteiger partial charge in [0.15, 0.2) is 0 Å². The van der Waals surface area contributed by atoms with Gasteiger partial charge in [0, 0.05) is 25.2 Å². The van der Waals surface area contributed by atoms with E-state index in [2.05, 4.69) is 17.3 Å². The Morgan fingerprint density at radius 1 is 1.17 bits per heavy atom. The minimum atomic E-state index is -4.01. The molecule has 0 aromatic heterocycles. The van der Waals surface area contributed by atoms with Crippen LogP contribution in [0, 0.1) is 5.92 Å². The van der Waals surface area contributed by atoms with Crippen LogP contribution in [0.3, 0.4) is 0 Å². The minimum absolute atomic E-state index is 0.0537. The summed E-state index contributed by atoms with van der Waals surface area (Å²) in [7, 11) is 2.10. The molecule has 0 aromatic rings. The quantitative estimate of drug-likeness (QED) is 0.821. The number of halogens is 3. The molecule has 2 saturated carbocycles. The number of likely N-dealkylation sites (N-methyl/N-ethyl adjacent to an activating group) is 1. The summed E-state index contributed by atoms with van der Waals surface area (Å²) in [4.78, 5) is 2.30. The summed E-state index contributed by atoms with van der Waals surface area (Å²) < 4.78 is 37.9. The van der Waals surface area contributed by atoms with E-state index in [1.807, 2.05) is 0 Å². The molecular formula is C13H23F3N2. The highest BCUT2D eigenvalue weighted by Gasteiger charge is 2.42. The molecule has 0 spiro atoms. The summed E-state index contributed by atoms with van der Waals surface area (Å²) in [6.07, 6.45) is 0.692. The summed E-state index contributed by atoms with van der Waals surface area (Å²) >= 11 is 0. The van der Waals surface area contributed by atoms with Crippen LogP contribution in [0.1, 0.15) is 38.5 Å². The molecule has 0 aliphatic heterocycles. The van der Waals surface area contributed by atoms with E-state index in [9.17, 15) is 13.2 Å². The highest BCUT2D eigenvalue weighted by Crippen LogP contribution is 2.37. The molecule has 0 heterocycles. The Morgan fingerprint density at radius 3 is 2.50 bits per heavy atom. The van der Waals surface area contributed by atoms with Crippen LogP contribution < -0.4 is 5.32 Å². The molecule has 5 heteroatoms. The van der Waals surface area contributed by atoms with Crippen molar-refractivity contribution in [3.63, 3.8) is 0 Å². The average molecular weight is 264 g/mol.